The lowest BCUT2D eigenvalue weighted by molar-refractivity contribution is -0.154. The zero-order chi connectivity index (χ0) is 18.0. The second-order valence-electron chi connectivity index (χ2n) is 5.59. The van der Waals surface area contributed by atoms with E-state index in [0.717, 1.165) is 0 Å². The lowest BCUT2D eigenvalue weighted by Crippen LogP contribution is -2.53. The molecular formula is C14H17F3N4O3. The SMILES string of the molecule is CC(=O)N1CCC(N)(C(=O)Nc2ccc(OCC(F)(F)F)nc2)C1. The van der Waals surface area contributed by atoms with Crippen LogP contribution in [-0.4, -0.2) is 53.1 Å². The Morgan fingerprint density at radius 3 is 2.67 bits per heavy atom. The molecule has 10 heteroatoms. The first-order chi connectivity index (χ1) is 11.1. The number of rotatable bonds is 4. The van der Waals surface area contributed by atoms with Crippen molar-refractivity contribution in [1.82, 2.24) is 9.88 Å². The van der Waals surface area contributed by atoms with Crippen LogP contribution >= 0.6 is 0 Å². The number of anilines is 1. The molecule has 1 aromatic heterocycles. The Labute approximate surface area is 136 Å². The first kappa shape index (κ1) is 18.0. The Balaban J connectivity index is 1.94. The number of nitrogens with one attached hydrogen (secondary N) is 1. The fourth-order valence-corrected chi connectivity index (χ4v) is 2.24. The van der Waals surface area contributed by atoms with Gasteiger partial charge in [0, 0.05) is 26.1 Å². The number of ether oxygens (including phenoxy) is 1. The van der Waals surface area contributed by atoms with Gasteiger partial charge < -0.3 is 20.7 Å². The van der Waals surface area contributed by atoms with Gasteiger partial charge in [0.2, 0.25) is 17.7 Å². The Bertz CT molecular complexity index is 621. The second-order valence-corrected chi connectivity index (χ2v) is 5.59. The van der Waals surface area contributed by atoms with Crippen molar-refractivity contribution in [2.75, 3.05) is 25.0 Å². The standard InChI is InChI=1S/C14H17F3N4O3/c1-9(22)21-5-4-13(18,7-21)12(23)20-10-2-3-11(19-6-10)24-8-14(15,16)17/h2-3,6H,4-5,7-8,18H2,1H3,(H,20,23). The van der Waals surface area contributed by atoms with Gasteiger partial charge in [0.15, 0.2) is 6.61 Å². The van der Waals surface area contributed by atoms with Crippen LogP contribution in [-0.2, 0) is 9.59 Å². The summed E-state index contributed by atoms with van der Waals surface area (Å²) in [6, 6.07) is 2.57. The molecule has 0 aliphatic carbocycles. The van der Waals surface area contributed by atoms with Crippen molar-refractivity contribution < 1.29 is 27.5 Å². The molecule has 132 valence electrons. The summed E-state index contributed by atoms with van der Waals surface area (Å²) < 4.78 is 40.6. The van der Waals surface area contributed by atoms with Crippen LogP contribution in [0, 0.1) is 0 Å². The quantitative estimate of drug-likeness (QED) is 0.845. The molecule has 7 nitrogen and oxygen atoms in total. The third-order valence-corrected chi connectivity index (χ3v) is 3.58. The lowest BCUT2D eigenvalue weighted by Gasteiger charge is -2.23. The molecule has 0 saturated carbocycles. The van der Waals surface area contributed by atoms with E-state index in [-0.39, 0.29) is 24.0 Å². The summed E-state index contributed by atoms with van der Waals surface area (Å²) in [5.74, 6) is -0.864. The van der Waals surface area contributed by atoms with Crippen molar-refractivity contribution >= 4 is 17.5 Å². The number of alkyl halides is 3. The van der Waals surface area contributed by atoms with Crippen LogP contribution in [0.1, 0.15) is 13.3 Å². The molecule has 2 rings (SSSR count). The smallest absolute Gasteiger partial charge is 0.422 e. The van der Waals surface area contributed by atoms with Crippen LogP contribution in [0.4, 0.5) is 18.9 Å². The van der Waals surface area contributed by atoms with Gasteiger partial charge in [-0.05, 0) is 12.5 Å². The Hall–Kier alpha value is -2.36. The predicted molar refractivity (Wildman–Crippen MR) is 78.2 cm³/mol. The van der Waals surface area contributed by atoms with Crippen LogP contribution in [0.2, 0.25) is 0 Å². The number of hydrogen-bond donors (Lipinski definition) is 2. The molecule has 3 N–H and O–H groups in total. The van der Waals surface area contributed by atoms with E-state index in [0.29, 0.717) is 13.0 Å². The summed E-state index contributed by atoms with van der Waals surface area (Å²) in [7, 11) is 0. The minimum atomic E-state index is -4.45. The number of pyridine rings is 1. The zero-order valence-electron chi connectivity index (χ0n) is 12.9. The maximum atomic E-state index is 12.3. The molecule has 1 fully saturated rings. The number of carbonyl (C=O) groups excluding carboxylic acids is 2. The van der Waals surface area contributed by atoms with Crippen molar-refractivity contribution in [2.24, 2.45) is 5.73 Å². The molecule has 2 amide bonds. The highest BCUT2D eigenvalue weighted by Gasteiger charge is 2.42. The summed E-state index contributed by atoms with van der Waals surface area (Å²) >= 11 is 0. The molecule has 0 spiro atoms. The highest BCUT2D eigenvalue weighted by Crippen LogP contribution is 2.22. The summed E-state index contributed by atoms with van der Waals surface area (Å²) in [5.41, 5.74) is 5.09. The predicted octanol–water partition coefficient (Wildman–Crippen LogP) is 0.911. The van der Waals surface area contributed by atoms with Gasteiger partial charge in [0.1, 0.15) is 5.54 Å². The highest BCUT2D eigenvalue weighted by molar-refractivity contribution is 5.98. The zero-order valence-corrected chi connectivity index (χ0v) is 12.9. The van der Waals surface area contributed by atoms with Crippen molar-refractivity contribution in [1.29, 1.82) is 0 Å². The number of nitrogens with two attached hydrogens (primary N) is 1. The van der Waals surface area contributed by atoms with Gasteiger partial charge in [0.25, 0.3) is 0 Å². The maximum Gasteiger partial charge on any atom is 0.422 e. The molecule has 0 radical (unpaired) electrons. The summed E-state index contributed by atoms with van der Waals surface area (Å²) in [5, 5.41) is 2.54. The van der Waals surface area contributed by atoms with Crippen LogP contribution in [0.25, 0.3) is 0 Å². The normalized spacial score (nSPS) is 20.8. The molecule has 1 atom stereocenters. The third-order valence-electron chi connectivity index (χ3n) is 3.58. The molecule has 0 bridgehead atoms. The Kier molecular flexibility index (Phi) is 4.97. The molecule has 1 aliphatic heterocycles. The lowest BCUT2D eigenvalue weighted by atomic mass is 9.99. The van der Waals surface area contributed by atoms with E-state index in [1.807, 2.05) is 0 Å². The third kappa shape index (κ3) is 4.57. The number of carbonyl (C=O) groups is 2. The molecule has 24 heavy (non-hydrogen) atoms. The van der Waals surface area contributed by atoms with Crippen LogP contribution < -0.4 is 15.8 Å². The highest BCUT2D eigenvalue weighted by atomic mass is 19.4. The molecule has 1 aromatic rings. The van der Waals surface area contributed by atoms with Crippen LogP contribution in [0.3, 0.4) is 0 Å². The molecule has 1 aliphatic rings. The van der Waals surface area contributed by atoms with E-state index < -0.39 is 24.2 Å². The average Bonchev–Trinajstić information content (AvgIpc) is 2.90. The molecule has 2 heterocycles. The Morgan fingerprint density at radius 1 is 1.46 bits per heavy atom. The van der Waals surface area contributed by atoms with Gasteiger partial charge in [-0.15, -0.1) is 0 Å². The number of halogens is 3. The van der Waals surface area contributed by atoms with E-state index >= 15 is 0 Å². The molecule has 1 unspecified atom stereocenters. The minimum Gasteiger partial charge on any atom is -0.468 e. The van der Waals surface area contributed by atoms with E-state index in [1.165, 1.54) is 30.2 Å². The summed E-state index contributed by atoms with van der Waals surface area (Å²) in [4.78, 5) is 28.7. The summed E-state index contributed by atoms with van der Waals surface area (Å²) in [6.07, 6.45) is -2.96. The van der Waals surface area contributed by atoms with Crippen molar-refractivity contribution in [3.8, 4) is 5.88 Å². The number of amides is 2. The van der Waals surface area contributed by atoms with Gasteiger partial charge in [-0.25, -0.2) is 4.98 Å². The second kappa shape index (κ2) is 6.63. The number of aromatic nitrogens is 1. The van der Waals surface area contributed by atoms with Gasteiger partial charge in [-0.3, -0.25) is 9.59 Å². The Morgan fingerprint density at radius 2 is 2.17 bits per heavy atom. The minimum absolute atomic E-state index is 0.106. The van der Waals surface area contributed by atoms with Crippen LogP contribution in [0.5, 0.6) is 5.88 Å². The van der Waals surface area contributed by atoms with Gasteiger partial charge in [0.05, 0.1) is 11.9 Å². The molecular weight excluding hydrogens is 329 g/mol. The number of nitrogens with zero attached hydrogens (tertiary/aromatic N) is 2. The first-order valence-corrected chi connectivity index (χ1v) is 7.10. The summed E-state index contributed by atoms with van der Waals surface area (Å²) in [6.45, 7) is 0.446. The van der Waals surface area contributed by atoms with Gasteiger partial charge in [-0.1, -0.05) is 0 Å². The maximum absolute atomic E-state index is 12.3. The number of likely N-dealkylation sites (tertiary alicyclic amines) is 1. The van der Waals surface area contributed by atoms with Crippen LogP contribution in [0.15, 0.2) is 18.3 Å². The molecule has 0 aromatic carbocycles. The topological polar surface area (TPSA) is 97.5 Å². The van der Waals surface area contributed by atoms with Crippen molar-refractivity contribution in [2.45, 2.75) is 25.1 Å². The van der Waals surface area contributed by atoms with E-state index in [9.17, 15) is 22.8 Å². The monoisotopic (exact) mass is 346 g/mol. The fourth-order valence-electron chi connectivity index (χ4n) is 2.24. The first-order valence-electron chi connectivity index (χ1n) is 7.10. The van der Waals surface area contributed by atoms with Gasteiger partial charge >= 0.3 is 6.18 Å². The van der Waals surface area contributed by atoms with E-state index in [1.54, 1.807) is 0 Å². The fraction of sp³-hybridized carbons (Fsp3) is 0.500. The van der Waals surface area contributed by atoms with E-state index in [2.05, 4.69) is 15.0 Å². The van der Waals surface area contributed by atoms with Crippen molar-refractivity contribution in [3.05, 3.63) is 18.3 Å². The van der Waals surface area contributed by atoms with E-state index in [4.69, 9.17) is 5.73 Å². The largest absolute Gasteiger partial charge is 0.468 e. The number of hydrogen-bond acceptors (Lipinski definition) is 5. The van der Waals surface area contributed by atoms with Crippen molar-refractivity contribution in [3.63, 3.8) is 0 Å². The van der Waals surface area contributed by atoms with Gasteiger partial charge in [-0.2, -0.15) is 13.2 Å². The average molecular weight is 346 g/mol. The molecule has 1 saturated heterocycles.